The van der Waals surface area contributed by atoms with Crippen molar-refractivity contribution in [2.24, 2.45) is 11.1 Å². The standard InChI is InChI=1S/C15H20N4O2/c1-15(4-5-15)14(21)19-8-6-18(7-9-19)12-3-2-11(10-17-12)13(16)20/h2-3,10H,4-9H2,1H3,(H2,16,20). The summed E-state index contributed by atoms with van der Waals surface area (Å²) in [5.41, 5.74) is 5.52. The van der Waals surface area contributed by atoms with Gasteiger partial charge in [-0.15, -0.1) is 0 Å². The molecule has 1 aliphatic heterocycles. The van der Waals surface area contributed by atoms with Crippen LogP contribution in [0.1, 0.15) is 30.1 Å². The number of anilines is 1. The van der Waals surface area contributed by atoms with E-state index in [0.29, 0.717) is 11.5 Å². The lowest BCUT2D eigenvalue weighted by molar-refractivity contribution is -0.136. The third-order valence-electron chi connectivity index (χ3n) is 4.44. The van der Waals surface area contributed by atoms with E-state index in [4.69, 9.17) is 5.73 Å². The lowest BCUT2D eigenvalue weighted by Crippen LogP contribution is -2.50. The molecule has 3 rings (SSSR count). The summed E-state index contributed by atoms with van der Waals surface area (Å²) in [5, 5.41) is 0. The monoisotopic (exact) mass is 288 g/mol. The van der Waals surface area contributed by atoms with Crippen molar-refractivity contribution in [2.45, 2.75) is 19.8 Å². The van der Waals surface area contributed by atoms with E-state index < -0.39 is 5.91 Å². The molecule has 112 valence electrons. The van der Waals surface area contributed by atoms with Crippen LogP contribution in [0.2, 0.25) is 0 Å². The SMILES string of the molecule is CC1(C(=O)N2CCN(c3ccc(C(N)=O)cn3)CC2)CC1. The van der Waals surface area contributed by atoms with Gasteiger partial charge in [-0.3, -0.25) is 9.59 Å². The Bertz CT molecular complexity index is 558. The number of carbonyl (C=O) groups is 2. The molecule has 1 saturated heterocycles. The van der Waals surface area contributed by atoms with Gasteiger partial charge in [-0.1, -0.05) is 6.92 Å². The van der Waals surface area contributed by atoms with E-state index in [9.17, 15) is 9.59 Å². The van der Waals surface area contributed by atoms with Crippen molar-refractivity contribution in [2.75, 3.05) is 31.1 Å². The number of pyridine rings is 1. The predicted octanol–water partition coefficient (Wildman–Crippen LogP) is 0.629. The number of rotatable bonds is 3. The molecule has 1 aromatic heterocycles. The summed E-state index contributed by atoms with van der Waals surface area (Å²) in [6, 6.07) is 3.49. The zero-order valence-corrected chi connectivity index (χ0v) is 12.2. The highest BCUT2D eigenvalue weighted by Gasteiger charge is 2.47. The Balaban J connectivity index is 1.60. The molecule has 2 heterocycles. The maximum Gasteiger partial charge on any atom is 0.250 e. The molecule has 2 N–H and O–H groups in total. The summed E-state index contributed by atoms with van der Waals surface area (Å²) in [7, 11) is 0. The molecule has 2 aliphatic rings. The fourth-order valence-electron chi connectivity index (χ4n) is 2.64. The Morgan fingerprint density at radius 2 is 1.86 bits per heavy atom. The molecule has 1 aromatic rings. The van der Waals surface area contributed by atoms with Crippen LogP contribution in [0.15, 0.2) is 18.3 Å². The fourth-order valence-corrected chi connectivity index (χ4v) is 2.64. The number of amides is 2. The van der Waals surface area contributed by atoms with E-state index in [0.717, 1.165) is 44.8 Å². The van der Waals surface area contributed by atoms with E-state index in [2.05, 4.69) is 9.88 Å². The van der Waals surface area contributed by atoms with Crippen LogP contribution >= 0.6 is 0 Å². The molecular weight excluding hydrogens is 268 g/mol. The number of aromatic nitrogens is 1. The molecule has 0 spiro atoms. The molecule has 6 nitrogen and oxygen atoms in total. The lowest BCUT2D eigenvalue weighted by atomic mass is 10.1. The van der Waals surface area contributed by atoms with Gasteiger partial charge in [0.2, 0.25) is 11.8 Å². The second kappa shape index (κ2) is 5.02. The van der Waals surface area contributed by atoms with Crippen molar-refractivity contribution >= 4 is 17.6 Å². The zero-order chi connectivity index (χ0) is 15.0. The molecule has 2 amide bonds. The molecule has 0 atom stereocenters. The lowest BCUT2D eigenvalue weighted by Gasteiger charge is -2.36. The summed E-state index contributed by atoms with van der Waals surface area (Å²) < 4.78 is 0. The average Bonchev–Trinajstić information content (AvgIpc) is 3.26. The highest BCUT2D eigenvalue weighted by Crippen LogP contribution is 2.46. The van der Waals surface area contributed by atoms with Crippen molar-refractivity contribution in [1.82, 2.24) is 9.88 Å². The van der Waals surface area contributed by atoms with Crippen molar-refractivity contribution in [1.29, 1.82) is 0 Å². The van der Waals surface area contributed by atoms with Crippen LogP contribution in [0.3, 0.4) is 0 Å². The first kappa shape index (κ1) is 13.9. The van der Waals surface area contributed by atoms with E-state index in [1.165, 1.54) is 6.20 Å². The zero-order valence-electron chi connectivity index (χ0n) is 12.2. The van der Waals surface area contributed by atoms with Crippen LogP contribution in [-0.2, 0) is 4.79 Å². The summed E-state index contributed by atoms with van der Waals surface area (Å²) in [4.78, 5) is 31.7. The number of nitrogens with zero attached hydrogens (tertiary/aromatic N) is 3. The van der Waals surface area contributed by atoms with E-state index in [-0.39, 0.29) is 5.41 Å². The van der Waals surface area contributed by atoms with Gasteiger partial charge in [-0.2, -0.15) is 0 Å². The van der Waals surface area contributed by atoms with Crippen molar-refractivity contribution in [3.05, 3.63) is 23.9 Å². The Kier molecular flexibility index (Phi) is 3.31. The first-order valence-corrected chi connectivity index (χ1v) is 7.30. The fraction of sp³-hybridized carbons (Fsp3) is 0.533. The van der Waals surface area contributed by atoms with E-state index in [1.807, 2.05) is 11.8 Å². The largest absolute Gasteiger partial charge is 0.366 e. The highest BCUT2D eigenvalue weighted by atomic mass is 16.2. The number of piperazine rings is 1. The minimum Gasteiger partial charge on any atom is -0.366 e. The van der Waals surface area contributed by atoms with Gasteiger partial charge in [0.25, 0.3) is 0 Å². The van der Waals surface area contributed by atoms with Gasteiger partial charge in [0, 0.05) is 37.8 Å². The number of hydrogen-bond acceptors (Lipinski definition) is 4. The van der Waals surface area contributed by atoms with Crippen LogP contribution in [-0.4, -0.2) is 47.9 Å². The van der Waals surface area contributed by atoms with E-state index in [1.54, 1.807) is 12.1 Å². The second-order valence-corrected chi connectivity index (χ2v) is 6.11. The molecule has 0 bridgehead atoms. The Morgan fingerprint density at radius 1 is 1.19 bits per heavy atom. The number of nitrogens with two attached hydrogens (primary N) is 1. The van der Waals surface area contributed by atoms with Crippen LogP contribution in [0.5, 0.6) is 0 Å². The molecule has 1 aliphatic carbocycles. The topological polar surface area (TPSA) is 79.5 Å². The predicted molar refractivity (Wildman–Crippen MR) is 78.9 cm³/mol. The number of carbonyl (C=O) groups excluding carboxylic acids is 2. The number of hydrogen-bond donors (Lipinski definition) is 1. The Hall–Kier alpha value is -2.11. The van der Waals surface area contributed by atoms with Gasteiger partial charge in [0.05, 0.1) is 5.56 Å². The first-order chi connectivity index (χ1) is 9.99. The molecular formula is C15H20N4O2. The Labute approximate surface area is 123 Å². The van der Waals surface area contributed by atoms with Gasteiger partial charge < -0.3 is 15.5 Å². The number of primary amides is 1. The maximum atomic E-state index is 12.3. The maximum absolute atomic E-state index is 12.3. The summed E-state index contributed by atoms with van der Waals surface area (Å²) in [6.07, 6.45) is 3.53. The Morgan fingerprint density at radius 3 is 2.33 bits per heavy atom. The molecule has 0 unspecified atom stereocenters. The van der Waals surface area contributed by atoms with Crippen LogP contribution in [0, 0.1) is 5.41 Å². The highest BCUT2D eigenvalue weighted by molar-refractivity contribution is 5.92. The van der Waals surface area contributed by atoms with Gasteiger partial charge in [0.15, 0.2) is 0 Å². The van der Waals surface area contributed by atoms with Gasteiger partial charge in [-0.25, -0.2) is 4.98 Å². The molecule has 6 heteroatoms. The second-order valence-electron chi connectivity index (χ2n) is 6.11. The summed E-state index contributed by atoms with van der Waals surface area (Å²) in [6.45, 7) is 5.04. The molecule has 0 radical (unpaired) electrons. The average molecular weight is 288 g/mol. The van der Waals surface area contributed by atoms with Gasteiger partial charge in [-0.05, 0) is 25.0 Å². The third-order valence-corrected chi connectivity index (χ3v) is 4.44. The first-order valence-electron chi connectivity index (χ1n) is 7.30. The summed E-state index contributed by atoms with van der Waals surface area (Å²) in [5.74, 6) is 0.645. The van der Waals surface area contributed by atoms with Gasteiger partial charge >= 0.3 is 0 Å². The normalized spacial score (nSPS) is 20.2. The van der Waals surface area contributed by atoms with Crippen molar-refractivity contribution in [3.8, 4) is 0 Å². The van der Waals surface area contributed by atoms with Crippen molar-refractivity contribution < 1.29 is 9.59 Å². The van der Waals surface area contributed by atoms with Gasteiger partial charge in [0.1, 0.15) is 5.82 Å². The van der Waals surface area contributed by atoms with Crippen LogP contribution in [0.4, 0.5) is 5.82 Å². The molecule has 2 fully saturated rings. The molecule has 1 saturated carbocycles. The minimum absolute atomic E-state index is 0.0937. The van der Waals surface area contributed by atoms with Crippen LogP contribution in [0.25, 0.3) is 0 Å². The van der Waals surface area contributed by atoms with Crippen LogP contribution < -0.4 is 10.6 Å². The quantitative estimate of drug-likeness (QED) is 0.884. The minimum atomic E-state index is -0.470. The van der Waals surface area contributed by atoms with Crippen molar-refractivity contribution in [3.63, 3.8) is 0 Å². The summed E-state index contributed by atoms with van der Waals surface area (Å²) >= 11 is 0. The molecule has 0 aromatic carbocycles. The smallest absolute Gasteiger partial charge is 0.250 e. The molecule has 21 heavy (non-hydrogen) atoms. The third kappa shape index (κ3) is 2.70. The van der Waals surface area contributed by atoms with E-state index >= 15 is 0 Å².